The minimum Gasteiger partial charge on any atom is -0.266 e. The van der Waals surface area contributed by atoms with Crippen LogP contribution in [0.3, 0.4) is 0 Å². The number of rotatable bonds is 1. The van der Waals surface area contributed by atoms with Gasteiger partial charge in [-0.2, -0.15) is 5.10 Å². The maximum atomic E-state index is 4.34. The number of fused-ring (bicyclic) bond motifs is 1. The molecular formula is C10H13N3. The second kappa shape index (κ2) is 2.83. The highest BCUT2D eigenvalue weighted by Gasteiger charge is 2.15. The first-order chi connectivity index (χ1) is 6.20. The molecule has 68 valence electrons. The van der Waals surface area contributed by atoms with E-state index in [4.69, 9.17) is 0 Å². The van der Waals surface area contributed by atoms with Crippen LogP contribution in [0.25, 0.3) is 11.4 Å². The highest BCUT2D eigenvalue weighted by Crippen LogP contribution is 2.28. The molecule has 0 unspecified atom stereocenters. The van der Waals surface area contributed by atoms with Crippen molar-refractivity contribution in [3.05, 3.63) is 24.0 Å². The summed E-state index contributed by atoms with van der Waals surface area (Å²) in [4.78, 5) is 4.34. The van der Waals surface area contributed by atoms with Gasteiger partial charge in [-0.15, -0.1) is 0 Å². The molecule has 0 amide bonds. The van der Waals surface area contributed by atoms with Gasteiger partial charge in [0.25, 0.3) is 0 Å². The molecule has 0 atom stereocenters. The average Bonchev–Trinajstić information content (AvgIpc) is 2.49. The Hall–Kier alpha value is -1.38. The van der Waals surface area contributed by atoms with E-state index in [0.29, 0.717) is 5.92 Å². The summed E-state index contributed by atoms with van der Waals surface area (Å²) < 4.78 is 1.89. The Morgan fingerprint density at radius 3 is 2.85 bits per heavy atom. The molecule has 0 aliphatic carbocycles. The van der Waals surface area contributed by atoms with E-state index in [1.807, 2.05) is 24.0 Å². The van der Waals surface area contributed by atoms with Crippen LogP contribution in [-0.4, -0.2) is 14.8 Å². The molecule has 0 fully saturated rings. The highest BCUT2D eigenvalue weighted by atomic mass is 15.3. The van der Waals surface area contributed by atoms with Gasteiger partial charge in [0.1, 0.15) is 0 Å². The molecule has 0 saturated carbocycles. The second-order valence-corrected chi connectivity index (χ2v) is 3.56. The van der Waals surface area contributed by atoms with Gasteiger partial charge < -0.3 is 0 Å². The molecule has 2 aliphatic heterocycles. The van der Waals surface area contributed by atoms with Crippen molar-refractivity contribution in [2.24, 2.45) is 7.05 Å². The van der Waals surface area contributed by atoms with Gasteiger partial charge in [0, 0.05) is 25.0 Å². The molecule has 0 bridgehead atoms. The van der Waals surface area contributed by atoms with Crippen LogP contribution in [0.5, 0.6) is 0 Å². The lowest BCUT2D eigenvalue weighted by atomic mass is 10.0. The van der Waals surface area contributed by atoms with Crippen molar-refractivity contribution < 1.29 is 0 Å². The van der Waals surface area contributed by atoms with Crippen LogP contribution < -0.4 is 0 Å². The van der Waals surface area contributed by atoms with Crippen LogP contribution in [0.15, 0.2) is 18.5 Å². The number of hydrogen-bond acceptors (Lipinski definition) is 2. The average molecular weight is 175 g/mol. The first kappa shape index (κ1) is 8.23. The van der Waals surface area contributed by atoms with E-state index >= 15 is 0 Å². The second-order valence-electron chi connectivity index (χ2n) is 3.56. The van der Waals surface area contributed by atoms with Gasteiger partial charge in [0.15, 0.2) is 0 Å². The molecule has 3 nitrogen and oxygen atoms in total. The van der Waals surface area contributed by atoms with Gasteiger partial charge in [-0.1, -0.05) is 13.8 Å². The van der Waals surface area contributed by atoms with E-state index in [1.54, 1.807) is 6.20 Å². The molecule has 0 radical (unpaired) electrons. The van der Waals surface area contributed by atoms with Gasteiger partial charge in [0.2, 0.25) is 0 Å². The van der Waals surface area contributed by atoms with Crippen molar-refractivity contribution in [2.75, 3.05) is 0 Å². The van der Waals surface area contributed by atoms with Gasteiger partial charge in [-0.05, 0) is 12.0 Å². The normalized spacial score (nSPS) is 11.4. The van der Waals surface area contributed by atoms with Crippen LogP contribution in [0, 0.1) is 0 Å². The predicted octanol–water partition coefficient (Wildman–Crippen LogP) is 2.04. The molecular weight excluding hydrogens is 162 g/mol. The minimum atomic E-state index is 0.500. The summed E-state index contributed by atoms with van der Waals surface area (Å²) in [6.07, 6.45) is 3.72. The van der Waals surface area contributed by atoms with Crippen molar-refractivity contribution in [2.45, 2.75) is 19.8 Å². The Bertz CT molecular complexity index is 389. The quantitative estimate of drug-likeness (QED) is 0.664. The third-order valence-corrected chi connectivity index (χ3v) is 2.28. The van der Waals surface area contributed by atoms with Crippen molar-refractivity contribution in [1.82, 2.24) is 14.8 Å². The fraction of sp³-hybridized carbons (Fsp3) is 0.400. The van der Waals surface area contributed by atoms with E-state index in [9.17, 15) is 0 Å². The number of aryl methyl sites for hydroxylation is 1. The Kier molecular flexibility index (Phi) is 1.79. The molecule has 0 saturated heterocycles. The van der Waals surface area contributed by atoms with Gasteiger partial charge in [-0.25, -0.2) is 0 Å². The van der Waals surface area contributed by atoms with Gasteiger partial charge >= 0.3 is 0 Å². The summed E-state index contributed by atoms with van der Waals surface area (Å²) in [5, 5.41) is 4.20. The summed E-state index contributed by atoms with van der Waals surface area (Å²) >= 11 is 0. The van der Waals surface area contributed by atoms with E-state index in [-0.39, 0.29) is 0 Å². The largest absolute Gasteiger partial charge is 0.266 e. The van der Waals surface area contributed by atoms with E-state index in [1.165, 1.54) is 5.56 Å². The molecule has 0 aromatic rings. The van der Waals surface area contributed by atoms with Crippen molar-refractivity contribution >= 4 is 0 Å². The van der Waals surface area contributed by atoms with E-state index in [0.717, 1.165) is 11.4 Å². The first-order valence-electron chi connectivity index (χ1n) is 4.46. The van der Waals surface area contributed by atoms with Crippen LogP contribution in [0.4, 0.5) is 0 Å². The van der Waals surface area contributed by atoms with Crippen LogP contribution in [0.2, 0.25) is 0 Å². The molecule has 13 heavy (non-hydrogen) atoms. The Balaban J connectivity index is 2.68. The van der Waals surface area contributed by atoms with Crippen molar-refractivity contribution in [3.8, 4) is 11.4 Å². The van der Waals surface area contributed by atoms with Gasteiger partial charge in [0.05, 0.1) is 11.4 Å². The summed E-state index contributed by atoms with van der Waals surface area (Å²) in [5.74, 6) is 0.500. The molecule has 2 rings (SSSR count). The predicted molar refractivity (Wildman–Crippen MR) is 51.7 cm³/mol. The topological polar surface area (TPSA) is 30.7 Å². The molecule has 0 spiro atoms. The molecule has 0 N–H and O–H groups in total. The Labute approximate surface area is 77.8 Å². The third kappa shape index (κ3) is 1.20. The molecule has 2 aliphatic rings. The van der Waals surface area contributed by atoms with E-state index in [2.05, 4.69) is 23.9 Å². The van der Waals surface area contributed by atoms with Crippen molar-refractivity contribution in [3.63, 3.8) is 0 Å². The summed E-state index contributed by atoms with van der Waals surface area (Å²) in [6, 6.07) is 1.95. The van der Waals surface area contributed by atoms with Crippen LogP contribution >= 0.6 is 0 Å². The lowest BCUT2D eigenvalue weighted by Crippen LogP contribution is -2.03. The standard InChI is InChI=1S/C10H13N3/c1-7(2)8-6-11-9-4-5-12-13(3)10(8)9/h4-7H,1-3H3. The zero-order chi connectivity index (χ0) is 9.42. The SMILES string of the molecule is CC(C)c1cnc2ccnn(C)c1-2. The lowest BCUT2D eigenvalue weighted by molar-refractivity contribution is 0.731. The molecule has 0 aromatic heterocycles. The summed E-state index contributed by atoms with van der Waals surface area (Å²) in [5.41, 5.74) is 3.45. The zero-order valence-electron chi connectivity index (χ0n) is 8.15. The minimum absolute atomic E-state index is 0.500. The van der Waals surface area contributed by atoms with Crippen LogP contribution in [-0.2, 0) is 7.05 Å². The highest BCUT2D eigenvalue weighted by molar-refractivity contribution is 5.61. The lowest BCUT2D eigenvalue weighted by Gasteiger charge is -2.09. The third-order valence-electron chi connectivity index (χ3n) is 2.28. The fourth-order valence-corrected chi connectivity index (χ4v) is 1.57. The monoisotopic (exact) mass is 175 g/mol. The number of nitrogens with zero attached hydrogens (tertiary/aromatic N) is 3. The summed E-state index contributed by atoms with van der Waals surface area (Å²) in [7, 11) is 1.95. The maximum Gasteiger partial charge on any atom is 0.0901 e. The maximum absolute atomic E-state index is 4.34. The summed E-state index contributed by atoms with van der Waals surface area (Å²) in [6.45, 7) is 4.34. The Morgan fingerprint density at radius 2 is 2.15 bits per heavy atom. The van der Waals surface area contributed by atoms with E-state index < -0.39 is 0 Å². The molecule has 2 heterocycles. The number of aromatic nitrogens is 3. The molecule has 3 heteroatoms. The number of hydrogen-bond donors (Lipinski definition) is 0. The Morgan fingerprint density at radius 1 is 1.38 bits per heavy atom. The van der Waals surface area contributed by atoms with Crippen LogP contribution in [0.1, 0.15) is 25.3 Å². The van der Waals surface area contributed by atoms with Gasteiger partial charge in [-0.3, -0.25) is 9.67 Å². The smallest absolute Gasteiger partial charge is 0.0901 e. The first-order valence-corrected chi connectivity index (χ1v) is 4.46. The molecule has 0 aromatic carbocycles. The zero-order valence-corrected chi connectivity index (χ0v) is 8.15. The van der Waals surface area contributed by atoms with Crippen molar-refractivity contribution in [1.29, 1.82) is 0 Å². The fourth-order valence-electron chi connectivity index (χ4n) is 1.57.